The van der Waals surface area contributed by atoms with Crippen molar-refractivity contribution in [3.63, 3.8) is 0 Å². The summed E-state index contributed by atoms with van der Waals surface area (Å²) in [5, 5.41) is 43.0. The molecule has 0 fully saturated rings. The second-order valence-electron chi connectivity index (χ2n) is 13.5. The van der Waals surface area contributed by atoms with Crippen LogP contribution in [-0.2, 0) is 14.4 Å². The second kappa shape index (κ2) is 14.0. The Labute approximate surface area is 225 Å². The first-order chi connectivity index (χ1) is 16.8. The van der Waals surface area contributed by atoms with Gasteiger partial charge in [-0.05, 0) is 54.8 Å². The van der Waals surface area contributed by atoms with E-state index in [1.165, 1.54) is 0 Å². The molecule has 0 radical (unpaired) electrons. The van der Waals surface area contributed by atoms with Crippen molar-refractivity contribution < 1.29 is 34.8 Å². The van der Waals surface area contributed by atoms with E-state index in [-0.39, 0.29) is 35.5 Å². The van der Waals surface area contributed by atoms with E-state index in [0.717, 1.165) is 19.3 Å². The van der Waals surface area contributed by atoms with Crippen LogP contribution in [-0.4, -0.2) is 43.9 Å². The van der Waals surface area contributed by atoms with Crippen molar-refractivity contribution in [3.8, 4) is 0 Å². The second-order valence-corrected chi connectivity index (χ2v) is 13.5. The summed E-state index contributed by atoms with van der Waals surface area (Å²) < 4.78 is 0. The van der Waals surface area contributed by atoms with Crippen LogP contribution in [0.5, 0.6) is 0 Å². The van der Waals surface area contributed by atoms with Gasteiger partial charge in [-0.25, -0.2) is 4.79 Å². The van der Waals surface area contributed by atoms with Gasteiger partial charge in [0.15, 0.2) is 5.60 Å². The standard InChI is InChI=1S/C30H56O7/c1-10-26(4,5)17-13-16-22(23(31)32)30(37,25(35)36)29(24(33)34,20-14-18-27(6,7)11-2)21-15-19-28(8,9)12-3/h22,37H,10-21H2,1-9H3,(H,31,32)(H,33,34)(H,35,36). The summed E-state index contributed by atoms with van der Waals surface area (Å²) in [5.41, 5.74) is -5.27. The first-order valence-electron chi connectivity index (χ1n) is 14.2. The molecule has 4 N–H and O–H groups in total. The monoisotopic (exact) mass is 528 g/mol. The van der Waals surface area contributed by atoms with Crippen LogP contribution in [0.25, 0.3) is 0 Å². The number of carbonyl (C=O) groups is 3. The molecule has 218 valence electrons. The first-order valence-corrected chi connectivity index (χ1v) is 14.2. The number of hydrogen-bond donors (Lipinski definition) is 4. The Hall–Kier alpha value is -1.63. The van der Waals surface area contributed by atoms with E-state index in [2.05, 4.69) is 41.5 Å². The number of carboxylic acid groups (broad SMARTS) is 3. The fraction of sp³-hybridized carbons (Fsp3) is 0.900. The Morgan fingerprint density at radius 1 is 0.595 bits per heavy atom. The summed E-state index contributed by atoms with van der Waals surface area (Å²) in [4.78, 5) is 38.3. The fourth-order valence-corrected chi connectivity index (χ4v) is 5.13. The van der Waals surface area contributed by atoms with Gasteiger partial charge in [-0.1, -0.05) is 101 Å². The topological polar surface area (TPSA) is 132 Å². The lowest BCUT2D eigenvalue weighted by Gasteiger charge is -2.45. The maximum Gasteiger partial charge on any atom is 0.337 e. The predicted molar refractivity (Wildman–Crippen MR) is 148 cm³/mol. The lowest BCUT2D eigenvalue weighted by Crippen LogP contribution is -2.64. The molecule has 0 spiro atoms. The van der Waals surface area contributed by atoms with Gasteiger partial charge in [-0.3, -0.25) is 9.59 Å². The minimum Gasteiger partial charge on any atom is -0.481 e. The molecular formula is C30H56O7. The average molecular weight is 529 g/mol. The van der Waals surface area contributed by atoms with Gasteiger partial charge in [-0.15, -0.1) is 0 Å². The molecule has 0 amide bonds. The third-order valence-corrected chi connectivity index (χ3v) is 9.40. The molecule has 0 saturated carbocycles. The van der Waals surface area contributed by atoms with Crippen molar-refractivity contribution in [3.05, 3.63) is 0 Å². The lowest BCUT2D eigenvalue weighted by molar-refractivity contribution is -0.208. The van der Waals surface area contributed by atoms with Crippen LogP contribution in [0.2, 0.25) is 0 Å². The fourth-order valence-electron chi connectivity index (χ4n) is 5.13. The van der Waals surface area contributed by atoms with E-state index in [0.29, 0.717) is 38.5 Å². The SMILES string of the molecule is CCC(C)(C)CCCC(C(=O)O)C(O)(C(=O)O)C(CCCC(C)(C)CC)(CCCC(C)(C)CC)C(=O)O. The summed E-state index contributed by atoms with van der Waals surface area (Å²) in [7, 11) is 0. The van der Waals surface area contributed by atoms with Gasteiger partial charge < -0.3 is 20.4 Å². The first kappa shape index (κ1) is 35.4. The Kier molecular flexibility index (Phi) is 13.3. The summed E-state index contributed by atoms with van der Waals surface area (Å²) in [6.07, 6.45) is 5.42. The largest absolute Gasteiger partial charge is 0.481 e. The van der Waals surface area contributed by atoms with Crippen molar-refractivity contribution in [2.24, 2.45) is 27.6 Å². The number of aliphatic hydroxyl groups is 1. The Morgan fingerprint density at radius 2 is 0.946 bits per heavy atom. The van der Waals surface area contributed by atoms with Gasteiger partial charge in [-0.2, -0.15) is 0 Å². The van der Waals surface area contributed by atoms with Crippen molar-refractivity contribution in [1.82, 2.24) is 0 Å². The van der Waals surface area contributed by atoms with Crippen LogP contribution in [0.15, 0.2) is 0 Å². The molecule has 2 atom stereocenters. The molecule has 2 unspecified atom stereocenters. The number of rotatable bonds is 20. The van der Waals surface area contributed by atoms with E-state index in [4.69, 9.17) is 0 Å². The van der Waals surface area contributed by atoms with Crippen molar-refractivity contribution in [1.29, 1.82) is 0 Å². The van der Waals surface area contributed by atoms with Crippen LogP contribution >= 0.6 is 0 Å². The van der Waals surface area contributed by atoms with Gasteiger partial charge in [0.25, 0.3) is 0 Å². The normalized spacial score (nSPS) is 15.7. The Bertz CT molecular complexity index is 731. The molecule has 0 aliphatic rings. The maximum absolute atomic E-state index is 13.0. The van der Waals surface area contributed by atoms with Crippen LogP contribution < -0.4 is 0 Å². The molecule has 0 saturated heterocycles. The zero-order valence-electron chi connectivity index (χ0n) is 25.1. The van der Waals surface area contributed by atoms with E-state index < -0.39 is 34.8 Å². The van der Waals surface area contributed by atoms with Gasteiger partial charge in [0, 0.05) is 0 Å². The highest BCUT2D eigenvalue weighted by atomic mass is 16.4. The van der Waals surface area contributed by atoms with Crippen LogP contribution in [0.3, 0.4) is 0 Å². The minimum atomic E-state index is -2.94. The molecule has 0 heterocycles. The molecule has 0 aromatic heterocycles. The molecule has 7 nitrogen and oxygen atoms in total. The molecule has 0 bridgehead atoms. The summed E-state index contributed by atoms with van der Waals surface area (Å²) in [6, 6.07) is 0. The molecule has 0 rings (SSSR count). The third kappa shape index (κ3) is 9.56. The Balaban J connectivity index is 6.60. The highest BCUT2D eigenvalue weighted by Gasteiger charge is 2.65. The highest BCUT2D eigenvalue weighted by molar-refractivity contribution is 5.93. The number of hydrogen-bond acceptors (Lipinski definition) is 4. The highest BCUT2D eigenvalue weighted by Crippen LogP contribution is 2.49. The van der Waals surface area contributed by atoms with E-state index in [1.54, 1.807) is 0 Å². The summed E-state index contributed by atoms with van der Waals surface area (Å²) in [6.45, 7) is 18.5. The lowest BCUT2D eigenvalue weighted by atomic mass is 9.59. The Morgan fingerprint density at radius 3 is 1.22 bits per heavy atom. The smallest absolute Gasteiger partial charge is 0.337 e. The van der Waals surface area contributed by atoms with Crippen molar-refractivity contribution in [2.45, 2.75) is 145 Å². The maximum atomic E-state index is 13.0. The van der Waals surface area contributed by atoms with Crippen LogP contribution in [0.4, 0.5) is 0 Å². The number of aliphatic carboxylic acids is 3. The quantitative estimate of drug-likeness (QED) is 0.129. The zero-order valence-corrected chi connectivity index (χ0v) is 25.1. The van der Waals surface area contributed by atoms with Gasteiger partial charge >= 0.3 is 17.9 Å². The minimum absolute atomic E-state index is 0.0637. The van der Waals surface area contributed by atoms with Crippen LogP contribution in [0.1, 0.15) is 139 Å². The molecule has 0 aromatic rings. The molecular weight excluding hydrogens is 472 g/mol. The molecule has 0 aromatic carbocycles. The van der Waals surface area contributed by atoms with E-state index in [9.17, 15) is 34.8 Å². The predicted octanol–water partition coefficient (Wildman–Crippen LogP) is 7.39. The van der Waals surface area contributed by atoms with E-state index in [1.807, 2.05) is 20.8 Å². The van der Waals surface area contributed by atoms with Gasteiger partial charge in [0.2, 0.25) is 0 Å². The summed E-state index contributed by atoms with van der Waals surface area (Å²) >= 11 is 0. The van der Waals surface area contributed by atoms with Crippen molar-refractivity contribution in [2.75, 3.05) is 0 Å². The molecule has 0 aliphatic heterocycles. The molecule has 7 heteroatoms. The molecule has 0 aliphatic carbocycles. The van der Waals surface area contributed by atoms with E-state index >= 15 is 0 Å². The number of carboxylic acids is 3. The average Bonchev–Trinajstić information content (AvgIpc) is 2.79. The van der Waals surface area contributed by atoms with Crippen molar-refractivity contribution >= 4 is 17.9 Å². The van der Waals surface area contributed by atoms with Gasteiger partial charge in [0.1, 0.15) is 5.41 Å². The zero-order chi connectivity index (χ0) is 29.3. The van der Waals surface area contributed by atoms with Crippen LogP contribution in [0, 0.1) is 27.6 Å². The summed E-state index contributed by atoms with van der Waals surface area (Å²) in [5.74, 6) is -6.39. The van der Waals surface area contributed by atoms with Gasteiger partial charge in [0.05, 0.1) is 5.92 Å². The third-order valence-electron chi connectivity index (χ3n) is 9.40. The molecule has 37 heavy (non-hydrogen) atoms.